The topological polar surface area (TPSA) is 3.24 Å². The lowest BCUT2D eigenvalue weighted by atomic mass is 9.48. The third kappa shape index (κ3) is 5.98. The van der Waals surface area contributed by atoms with Crippen molar-refractivity contribution in [2.45, 2.75) is 71.5 Å². The summed E-state index contributed by atoms with van der Waals surface area (Å²) in [5, 5.41) is 2.56. The summed E-state index contributed by atoms with van der Waals surface area (Å²) in [6, 6.07) is 71.6. The van der Waals surface area contributed by atoms with E-state index in [9.17, 15) is 0 Å². The molecule has 0 N–H and O–H groups in total. The third-order valence-corrected chi connectivity index (χ3v) is 19.7. The summed E-state index contributed by atoms with van der Waals surface area (Å²) < 4.78 is 0. The first-order chi connectivity index (χ1) is 31.6. The quantitative estimate of drug-likeness (QED) is 0.147. The molecule has 2 heteroatoms. The maximum atomic E-state index is 2.53. The molecule has 1 atom stereocenters. The van der Waals surface area contributed by atoms with Crippen LogP contribution in [0.3, 0.4) is 0 Å². The van der Waals surface area contributed by atoms with Crippen LogP contribution in [-0.2, 0) is 5.41 Å². The molecule has 0 amide bonds. The molecule has 6 aliphatic rings. The molecule has 1 nitrogen and oxygen atoms in total. The van der Waals surface area contributed by atoms with Gasteiger partial charge in [-0.3, -0.25) is 0 Å². The van der Waals surface area contributed by atoms with E-state index in [0.29, 0.717) is 5.41 Å². The smallest absolute Gasteiger partial charge is 0.0468 e. The van der Waals surface area contributed by atoms with Crippen molar-refractivity contribution in [3.63, 3.8) is 0 Å². The second kappa shape index (κ2) is 15.1. The van der Waals surface area contributed by atoms with Crippen molar-refractivity contribution in [1.29, 1.82) is 0 Å². The molecule has 5 aliphatic carbocycles. The fourth-order valence-corrected chi connectivity index (χ4v) is 17.7. The molecular weight excluding hydrogens is 791 g/mol. The number of nitrogens with zero attached hydrogens (tertiary/aromatic N) is 1. The summed E-state index contributed by atoms with van der Waals surface area (Å²) in [5.41, 5.74) is 13.2. The third-order valence-electron chi connectivity index (χ3n) is 15.7. The minimum absolute atomic E-state index is 0.361. The van der Waals surface area contributed by atoms with Crippen molar-refractivity contribution >= 4 is 37.9 Å². The molecule has 0 spiro atoms. The number of hydrogen-bond donors (Lipinski definition) is 0. The van der Waals surface area contributed by atoms with Crippen LogP contribution in [0.25, 0.3) is 44.2 Å². The van der Waals surface area contributed by atoms with Crippen molar-refractivity contribution in [2.24, 2.45) is 17.8 Å². The van der Waals surface area contributed by atoms with Crippen LogP contribution >= 0.6 is 10.0 Å². The molecular formula is C62H53NS. The molecule has 4 saturated carbocycles. The molecule has 0 radical (unpaired) electrons. The Bertz CT molecular complexity index is 3080. The molecule has 8 aromatic carbocycles. The minimum Gasteiger partial charge on any atom is -0.310 e. The van der Waals surface area contributed by atoms with Gasteiger partial charge in [-0.15, -0.1) is 10.0 Å². The Morgan fingerprint density at radius 3 is 1.67 bits per heavy atom. The predicted molar refractivity (Wildman–Crippen MR) is 270 cm³/mol. The molecule has 1 heterocycles. The summed E-state index contributed by atoms with van der Waals surface area (Å²) in [7, 11) is -1.68. The van der Waals surface area contributed by atoms with E-state index in [0.717, 1.165) is 30.6 Å². The summed E-state index contributed by atoms with van der Waals surface area (Å²) in [5.74, 6) is 2.77. The second-order valence-corrected chi connectivity index (χ2v) is 22.4. The van der Waals surface area contributed by atoms with Gasteiger partial charge >= 0.3 is 0 Å². The van der Waals surface area contributed by atoms with Crippen molar-refractivity contribution in [3.05, 3.63) is 217 Å². The van der Waals surface area contributed by atoms with E-state index in [1.165, 1.54) is 119 Å². The maximum Gasteiger partial charge on any atom is 0.0468 e. The normalized spacial score (nSPS) is 24.8. The fourth-order valence-electron chi connectivity index (χ4n) is 13.4. The number of fused-ring (bicyclic) bond motifs is 4. The molecule has 312 valence electrons. The van der Waals surface area contributed by atoms with E-state index in [2.05, 4.69) is 211 Å². The van der Waals surface area contributed by atoms with E-state index in [4.69, 9.17) is 0 Å². The number of anilines is 3. The highest BCUT2D eigenvalue weighted by atomic mass is 32.3. The van der Waals surface area contributed by atoms with Crippen molar-refractivity contribution in [2.75, 3.05) is 4.90 Å². The number of hydrogen-bond acceptors (Lipinski definition) is 1. The summed E-state index contributed by atoms with van der Waals surface area (Å²) in [6.45, 7) is 0. The van der Waals surface area contributed by atoms with E-state index in [1.54, 1.807) is 5.56 Å². The summed E-state index contributed by atoms with van der Waals surface area (Å²) in [4.78, 5) is 8.28. The Labute approximate surface area is 380 Å². The Balaban J connectivity index is 0.962. The number of rotatable bonds is 8. The Morgan fingerprint density at radius 2 is 1.02 bits per heavy atom. The SMILES string of the molecule is C1=CC(S2(c3ccccc3)c3ccccc3-c3cc(N(c4ccc(-c5cccc6cccc(-c7ccccc7)c56)cc4)c4ccc(C56CC7CC(CC(C7)C5)C6)cc4)ccc32)=CCC1. The van der Waals surface area contributed by atoms with Crippen LogP contribution in [0, 0.1) is 17.8 Å². The monoisotopic (exact) mass is 843 g/mol. The van der Waals surface area contributed by atoms with Crippen LogP contribution in [0.2, 0.25) is 0 Å². The molecule has 14 rings (SSSR count). The van der Waals surface area contributed by atoms with Gasteiger partial charge in [-0.1, -0.05) is 146 Å². The van der Waals surface area contributed by atoms with Crippen LogP contribution in [0.1, 0.15) is 56.9 Å². The Morgan fingerprint density at radius 1 is 0.453 bits per heavy atom. The molecule has 0 saturated heterocycles. The molecule has 8 aromatic rings. The first-order valence-electron chi connectivity index (χ1n) is 23.7. The zero-order valence-electron chi connectivity index (χ0n) is 36.4. The number of allylic oxidation sites excluding steroid dienone is 3. The largest absolute Gasteiger partial charge is 0.310 e. The van der Waals surface area contributed by atoms with Gasteiger partial charge in [0.1, 0.15) is 0 Å². The van der Waals surface area contributed by atoms with Gasteiger partial charge in [0.2, 0.25) is 0 Å². The van der Waals surface area contributed by atoms with Crippen LogP contribution in [-0.4, -0.2) is 0 Å². The van der Waals surface area contributed by atoms with Crippen LogP contribution < -0.4 is 4.90 Å². The summed E-state index contributed by atoms with van der Waals surface area (Å²) >= 11 is 0. The van der Waals surface area contributed by atoms with E-state index in [-0.39, 0.29) is 0 Å². The van der Waals surface area contributed by atoms with Gasteiger partial charge < -0.3 is 4.90 Å². The lowest BCUT2D eigenvalue weighted by Crippen LogP contribution is -2.48. The average molecular weight is 844 g/mol. The van der Waals surface area contributed by atoms with Crippen LogP contribution in [0.15, 0.2) is 226 Å². The van der Waals surface area contributed by atoms with Gasteiger partial charge in [0.25, 0.3) is 0 Å². The Kier molecular flexibility index (Phi) is 9.02. The van der Waals surface area contributed by atoms with Gasteiger partial charge in [0.05, 0.1) is 0 Å². The van der Waals surface area contributed by atoms with Crippen LogP contribution in [0.4, 0.5) is 17.1 Å². The highest BCUT2D eigenvalue weighted by Crippen LogP contribution is 2.80. The average Bonchev–Trinajstić information content (AvgIpc) is 3.65. The number of benzene rings is 8. The molecule has 0 aromatic heterocycles. The van der Waals surface area contributed by atoms with Gasteiger partial charge in [-0.2, -0.15) is 0 Å². The van der Waals surface area contributed by atoms with Crippen LogP contribution in [0.5, 0.6) is 0 Å². The lowest BCUT2D eigenvalue weighted by molar-refractivity contribution is -0.00518. The van der Waals surface area contributed by atoms with Crippen molar-refractivity contribution < 1.29 is 0 Å². The first kappa shape index (κ1) is 38.1. The molecule has 1 aliphatic heterocycles. The highest BCUT2D eigenvalue weighted by Gasteiger charge is 2.51. The van der Waals surface area contributed by atoms with E-state index < -0.39 is 10.0 Å². The molecule has 64 heavy (non-hydrogen) atoms. The predicted octanol–water partition coefficient (Wildman–Crippen LogP) is 17.6. The first-order valence-corrected chi connectivity index (χ1v) is 25.3. The zero-order valence-corrected chi connectivity index (χ0v) is 37.2. The van der Waals surface area contributed by atoms with Gasteiger partial charge in [-0.25, -0.2) is 0 Å². The zero-order chi connectivity index (χ0) is 42.2. The maximum absolute atomic E-state index is 2.53. The fraction of sp³-hybridized carbons (Fsp3) is 0.194. The Hall–Kier alpha value is -6.35. The second-order valence-electron chi connectivity index (χ2n) is 19.4. The molecule has 4 bridgehead atoms. The molecule has 4 fully saturated rings. The highest BCUT2D eigenvalue weighted by molar-refractivity contribution is 8.37. The standard InChI is InChI=1S/C62H53NS/c1-4-14-46(15-5-1)55-23-12-16-48-17-13-24-56(61(48)55)47-26-30-50(31-27-47)63(51-32-28-49(29-33-51)62-40-43-36-44(41-62)38-45(37-43)42-62)52-34-35-60-58(39-52)57-22-10-11-25-59(57)64(60,53-18-6-2-7-19-53)54-20-8-3-9-21-54/h1-2,4-8,10-35,39,43-45H,3,9,36-38,40-42H2. The minimum atomic E-state index is -1.68. The lowest BCUT2D eigenvalue weighted by Gasteiger charge is -2.57. The van der Waals surface area contributed by atoms with E-state index in [1.807, 2.05) is 0 Å². The summed E-state index contributed by atoms with van der Waals surface area (Å²) in [6.07, 6.45) is 18.1. The van der Waals surface area contributed by atoms with E-state index >= 15 is 0 Å². The van der Waals surface area contributed by atoms with Crippen molar-refractivity contribution in [1.82, 2.24) is 0 Å². The van der Waals surface area contributed by atoms with Gasteiger partial charge in [0.15, 0.2) is 0 Å². The van der Waals surface area contributed by atoms with Crippen molar-refractivity contribution in [3.8, 4) is 33.4 Å². The molecule has 1 unspecified atom stereocenters. The van der Waals surface area contributed by atoms with Gasteiger partial charge in [-0.05, 0) is 190 Å². The van der Waals surface area contributed by atoms with Gasteiger partial charge in [0, 0.05) is 31.7 Å².